The van der Waals surface area contributed by atoms with Gasteiger partial charge in [0.2, 0.25) is 10.0 Å². The van der Waals surface area contributed by atoms with Crippen LogP contribution in [0.5, 0.6) is 0 Å². The molecule has 0 radical (unpaired) electrons. The van der Waals surface area contributed by atoms with Crippen molar-refractivity contribution < 1.29 is 17.9 Å². The predicted molar refractivity (Wildman–Crippen MR) is 84.5 cm³/mol. The van der Waals surface area contributed by atoms with Gasteiger partial charge in [-0.15, -0.1) is 0 Å². The summed E-state index contributed by atoms with van der Waals surface area (Å²) in [5, 5.41) is 1.30. The van der Waals surface area contributed by atoms with E-state index >= 15 is 0 Å². The fourth-order valence-corrected chi connectivity index (χ4v) is 3.01. The number of halogens is 1. The first-order chi connectivity index (χ1) is 10.4. The van der Waals surface area contributed by atoms with Gasteiger partial charge in [0, 0.05) is 24.1 Å². The largest absolute Gasteiger partial charge is 0.385 e. The van der Waals surface area contributed by atoms with Crippen molar-refractivity contribution in [2.45, 2.75) is 6.42 Å². The highest BCUT2D eigenvalue weighted by atomic mass is 35.5. The van der Waals surface area contributed by atoms with E-state index in [1.54, 1.807) is 24.3 Å². The van der Waals surface area contributed by atoms with Crippen molar-refractivity contribution in [1.29, 1.82) is 0 Å². The van der Waals surface area contributed by atoms with Crippen LogP contribution in [0.1, 0.15) is 16.9 Å². The average Bonchev–Trinajstić information content (AvgIpc) is 2.46. The lowest BCUT2D eigenvalue weighted by atomic mass is 10.2. The normalized spacial score (nSPS) is 11.5. The summed E-state index contributed by atoms with van der Waals surface area (Å²) in [5.74, 6) is -0.953. The summed E-state index contributed by atoms with van der Waals surface area (Å²) in [7, 11) is -2.23. The van der Waals surface area contributed by atoms with Crippen molar-refractivity contribution in [3.05, 3.63) is 41.0 Å². The Morgan fingerprint density at radius 1 is 1.32 bits per heavy atom. The minimum Gasteiger partial charge on any atom is -0.385 e. The molecule has 1 aromatic heterocycles. The molecule has 0 unspecified atom stereocenters. The summed E-state index contributed by atoms with van der Waals surface area (Å²) < 4.78 is 30.3. The molecule has 0 atom stereocenters. The summed E-state index contributed by atoms with van der Waals surface area (Å²) in [5.41, 5.74) is 0.544. The number of sulfonamides is 1. The Kier molecular flexibility index (Phi) is 5.33. The highest BCUT2D eigenvalue weighted by Gasteiger charge is 2.17. The van der Waals surface area contributed by atoms with E-state index in [4.69, 9.17) is 16.3 Å². The van der Waals surface area contributed by atoms with Gasteiger partial charge in [0.25, 0.3) is 5.91 Å². The molecule has 6 nitrogen and oxygen atoms in total. The molecule has 0 fully saturated rings. The second kappa shape index (κ2) is 7.04. The number of rotatable bonds is 6. The van der Waals surface area contributed by atoms with E-state index < -0.39 is 15.9 Å². The molecule has 1 N–H and O–H groups in total. The fourth-order valence-electron chi connectivity index (χ4n) is 1.85. The van der Waals surface area contributed by atoms with Gasteiger partial charge in [-0.1, -0.05) is 23.7 Å². The molecule has 0 aliphatic rings. The van der Waals surface area contributed by atoms with Gasteiger partial charge in [-0.25, -0.2) is 18.1 Å². The van der Waals surface area contributed by atoms with E-state index in [1.807, 2.05) is 4.72 Å². The van der Waals surface area contributed by atoms with Crippen LogP contribution in [0, 0.1) is 0 Å². The Balaban J connectivity index is 2.15. The zero-order valence-electron chi connectivity index (χ0n) is 11.9. The van der Waals surface area contributed by atoms with Gasteiger partial charge >= 0.3 is 0 Å². The number of carbonyl (C=O) groups is 1. The van der Waals surface area contributed by atoms with E-state index in [1.165, 1.54) is 13.2 Å². The van der Waals surface area contributed by atoms with Crippen LogP contribution in [0.15, 0.2) is 30.3 Å². The number of methoxy groups -OCH3 is 1. The third kappa shape index (κ3) is 4.40. The second-order valence-electron chi connectivity index (χ2n) is 4.63. The summed E-state index contributed by atoms with van der Waals surface area (Å²) >= 11 is 5.88. The van der Waals surface area contributed by atoms with Crippen LogP contribution in [-0.2, 0) is 14.8 Å². The smallest absolute Gasteiger partial charge is 0.283 e. The van der Waals surface area contributed by atoms with E-state index in [2.05, 4.69) is 4.98 Å². The second-order valence-corrected chi connectivity index (χ2v) is 6.91. The zero-order chi connectivity index (χ0) is 16.2. The van der Waals surface area contributed by atoms with Gasteiger partial charge in [-0.2, -0.15) is 0 Å². The van der Waals surface area contributed by atoms with Crippen LogP contribution in [0.25, 0.3) is 10.9 Å². The fraction of sp³-hybridized carbons (Fsp3) is 0.286. The third-order valence-corrected chi connectivity index (χ3v) is 4.45. The molecule has 22 heavy (non-hydrogen) atoms. The van der Waals surface area contributed by atoms with Crippen molar-refractivity contribution in [2.24, 2.45) is 0 Å². The van der Waals surface area contributed by atoms with Gasteiger partial charge < -0.3 is 4.74 Å². The number of carbonyl (C=O) groups excluding carboxylic acids is 1. The van der Waals surface area contributed by atoms with E-state index in [0.717, 1.165) is 5.39 Å². The van der Waals surface area contributed by atoms with Crippen LogP contribution >= 0.6 is 11.6 Å². The van der Waals surface area contributed by atoms with Crippen LogP contribution in [0.2, 0.25) is 5.02 Å². The molecule has 118 valence electrons. The van der Waals surface area contributed by atoms with Gasteiger partial charge in [0.15, 0.2) is 0 Å². The first-order valence-electron chi connectivity index (χ1n) is 6.51. The number of hydrogen-bond acceptors (Lipinski definition) is 5. The van der Waals surface area contributed by atoms with E-state index in [9.17, 15) is 13.2 Å². The van der Waals surface area contributed by atoms with Crippen molar-refractivity contribution in [2.75, 3.05) is 19.5 Å². The van der Waals surface area contributed by atoms with Crippen molar-refractivity contribution >= 4 is 38.4 Å². The number of fused-ring (bicyclic) bond motifs is 1. The number of amides is 1. The Labute approximate surface area is 133 Å². The molecule has 8 heteroatoms. The molecule has 0 spiro atoms. The molecule has 0 bridgehead atoms. The van der Waals surface area contributed by atoms with Crippen LogP contribution in [-0.4, -0.2) is 38.8 Å². The average molecular weight is 343 g/mol. The molecule has 1 aromatic carbocycles. The maximum absolute atomic E-state index is 12.0. The zero-order valence-corrected chi connectivity index (χ0v) is 13.4. The summed E-state index contributed by atoms with van der Waals surface area (Å²) in [4.78, 5) is 16.1. The Bertz CT molecular complexity index is 793. The molecule has 2 rings (SSSR count). The highest BCUT2D eigenvalue weighted by molar-refractivity contribution is 7.90. The van der Waals surface area contributed by atoms with Crippen molar-refractivity contribution in [1.82, 2.24) is 9.71 Å². The van der Waals surface area contributed by atoms with Crippen molar-refractivity contribution in [3.63, 3.8) is 0 Å². The number of pyridine rings is 1. The quantitative estimate of drug-likeness (QED) is 0.811. The minimum atomic E-state index is -3.71. The minimum absolute atomic E-state index is 0.0186. The van der Waals surface area contributed by atoms with Gasteiger partial charge in [-0.05, 0) is 24.6 Å². The predicted octanol–water partition coefficient (Wildman–Crippen LogP) is 1.98. The van der Waals surface area contributed by atoms with Crippen LogP contribution in [0.3, 0.4) is 0 Å². The molecule has 1 heterocycles. The van der Waals surface area contributed by atoms with Gasteiger partial charge in [0.1, 0.15) is 5.69 Å². The summed E-state index contributed by atoms with van der Waals surface area (Å²) in [6, 6.07) is 8.25. The summed E-state index contributed by atoms with van der Waals surface area (Å²) in [6.45, 7) is 0.307. The lowest BCUT2D eigenvalue weighted by Gasteiger charge is -2.07. The van der Waals surface area contributed by atoms with Gasteiger partial charge in [-0.3, -0.25) is 4.79 Å². The number of nitrogens with one attached hydrogen (secondary N) is 1. The van der Waals surface area contributed by atoms with Gasteiger partial charge in [0.05, 0.1) is 11.3 Å². The number of ether oxygens (including phenoxy) is 1. The number of nitrogens with zero attached hydrogens (tertiary/aromatic N) is 1. The number of hydrogen-bond donors (Lipinski definition) is 1. The summed E-state index contributed by atoms with van der Waals surface area (Å²) in [6.07, 6.45) is 0.305. The molecule has 0 saturated carbocycles. The van der Waals surface area contributed by atoms with E-state index in [0.29, 0.717) is 23.6 Å². The number of aromatic nitrogens is 1. The molecule has 2 aromatic rings. The maximum atomic E-state index is 12.0. The Morgan fingerprint density at radius 3 is 2.77 bits per heavy atom. The highest BCUT2D eigenvalue weighted by Crippen LogP contribution is 2.18. The maximum Gasteiger partial charge on any atom is 0.283 e. The molecular formula is C14H15ClN2O4S. The number of benzene rings is 1. The lowest BCUT2D eigenvalue weighted by Crippen LogP contribution is -2.33. The Morgan fingerprint density at radius 2 is 2.05 bits per heavy atom. The first kappa shape index (κ1) is 16.7. The topological polar surface area (TPSA) is 85.4 Å². The standard InChI is InChI=1S/C14H15ClN2O4S/c1-21-7-2-8-22(19,20)17-14(18)12-6-4-10-3-5-11(15)9-13(10)16-12/h3-6,9H,2,7-8H2,1H3,(H,17,18). The molecule has 0 aliphatic heterocycles. The van der Waals surface area contributed by atoms with Crippen LogP contribution < -0.4 is 4.72 Å². The lowest BCUT2D eigenvalue weighted by molar-refractivity contribution is 0.0977. The van der Waals surface area contributed by atoms with E-state index in [-0.39, 0.29) is 11.4 Å². The van der Waals surface area contributed by atoms with Crippen molar-refractivity contribution in [3.8, 4) is 0 Å². The van der Waals surface area contributed by atoms with Crippen LogP contribution in [0.4, 0.5) is 0 Å². The molecule has 0 saturated heterocycles. The molecular weight excluding hydrogens is 328 g/mol. The molecule has 1 amide bonds. The molecule has 0 aliphatic carbocycles. The SMILES string of the molecule is COCCCS(=O)(=O)NC(=O)c1ccc2ccc(Cl)cc2n1. The first-order valence-corrected chi connectivity index (χ1v) is 8.54. The Hall–Kier alpha value is -1.70. The monoisotopic (exact) mass is 342 g/mol. The third-order valence-electron chi connectivity index (χ3n) is 2.90.